The summed E-state index contributed by atoms with van der Waals surface area (Å²) in [6.45, 7) is 3.59. The number of aromatic nitrogens is 1. The van der Waals surface area contributed by atoms with E-state index < -0.39 is 5.91 Å². The number of benzene rings is 2. The number of carbonyl (C=O) groups excluding carboxylic acids is 2. The fraction of sp³-hybridized carbons (Fsp3) is 0.200. The van der Waals surface area contributed by atoms with Crippen molar-refractivity contribution in [2.24, 2.45) is 0 Å². The summed E-state index contributed by atoms with van der Waals surface area (Å²) in [4.78, 5) is 29.1. The van der Waals surface area contributed by atoms with Crippen LogP contribution in [0.5, 0.6) is 5.75 Å². The molecule has 0 saturated carbocycles. The van der Waals surface area contributed by atoms with Crippen LogP contribution in [0.25, 0.3) is 10.2 Å². The van der Waals surface area contributed by atoms with E-state index in [1.165, 1.54) is 18.4 Å². The number of thiocarbonyl (C=S) groups is 1. The number of nitrogens with one attached hydrogen (secondary N) is 2. The van der Waals surface area contributed by atoms with E-state index in [0.717, 1.165) is 9.17 Å². The molecule has 1 heterocycles. The van der Waals surface area contributed by atoms with Crippen molar-refractivity contribution < 1.29 is 19.1 Å². The SMILES string of the molecule is COc1ccc(Br)cc1C(=O)NC(=S)Nc1nc2ccc(C(=O)OC(C)C)cc2s1. The summed E-state index contributed by atoms with van der Waals surface area (Å²) in [5, 5.41) is 6.11. The molecule has 1 amide bonds. The van der Waals surface area contributed by atoms with Gasteiger partial charge in [0.25, 0.3) is 5.91 Å². The second-order valence-electron chi connectivity index (χ2n) is 6.41. The van der Waals surface area contributed by atoms with E-state index in [1.807, 2.05) is 0 Å². The van der Waals surface area contributed by atoms with Crippen LogP contribution in [0.2, 0.25) is 0 Å². The van der Waals surface area contributed by atoms with E-state index in [2.05, 4.69) is 31.5 Å². The number of halogens is 1. The summed E-state index contributed by atoms with van der Waals surface area (Å²) in [7, 11) is 1.49. The smallest absolute Gasteiger partial charge is 0.338 e. The molecule has 10 heteroatoms. The molecule has 0 bridgehead atoms. The fourth-order valence-electron chi connectivity index (χ4n) is 2.54. The highest BCUT2D eigenvalue weighted by Gasteiger charge is 2.16. The second-order valence-corrected chi connectivity index (χ2v) is 8.76. The molecule has 30 heavy (non-hydrogen) atoms. The molecule has 3 rings (SSSR count). The third kappa shape index (κ3) is 5.32. The summed E-state index contributed by atoms with van der Waals surface area (Å²) in [5.74, 6) is -0.370. The number of methoxy groups -OCH3 is 1. The minimum Gasteiger partial charge on any atom is -0.496 e. The van der Waals surface area contributed by atoms with Crippen molar-refractivity contribution in [2.75, 3.05) is 12.4 Å². The van der Waals surface area contributed by atoms with Crippen LogP contribution >= 0.6 is 39.5 Å². The van der Waals surface area contributed by atoms with Gasteiger partial charge in [-0.05, 0) is 62.5 Å². The molecule has 0 aliphatic rings. The standard InChI is InChI=1S/C20H18BrN3O4S2/c1-10(2)28-18(26)11-4-6-14-16(8-11)30-20(22-14)24-19(29)23-17(25)13-9-12(21)5-7-15(13)27-3/h4-10H,1-3H3,(H2,22,23,24,25,29). The zero-order valence-corrected chi connectivity index (χ0v) is 19.5. The maximum absolute atomic E-state index is 12.5. The Balaban J connectivity index is 1.71. The second kappa shape index (κ2) is 9.50. The first-order valence-electron chi connectivity index (χ1n) is 8.84. The molecule has 156 valence electrons. The monoisotopic (exact) mass is 507 g/mol. The molecule has 3 aromatic rings. The van der Waals surface area contributed by atoms with E-state index >= 15 is 0 Å². The quantitative estimate of drug-likeness (QED) is 0.380. The Labute approximate surface area is 190 Å². The Morgan fingerprint density at radius 3 is 2.67 bits per heavy atom. The first-order valence-corrected chi connectivity index (χ1v) is 10.9. The van der Waals surface area contributed by atoms with Gasteiger partial charge in [-0.1, -0.05) is 27.3 Å². The van der Waals surface area contributed by atoms with Gasteiger partial charge in [0, 0.05) is 4.47 Å². The van der Waals surface area contributed by atoms with Crippen LogP contribution < -0.4 is 15.4 Å². The molecule has 0 fully saturated rings. The van der Waals surface area contributed by atoms with Crippen LogP contribution in [-0.2, 0) is 4.74 Å². The Hall–Kier alpha value is -2.56. The van der Waals surface area contributed by atoms with Crippen LogP contribution in [0.3, 0.4) is 0 Å². The molecule has 0 atom stereocenters. The largest absolute Gasteiger partial charge is 0.496 e. The molecule has 2 aromatic carbocycles. The Kier molecular flexibility index (Phi) is 7.01. The van der Waals surface area contributed by atoms with E-state index in [9.17, 15) is 9.59 Å². The molecule has 0 spiro atoms. The van der Waals surface area contributed by atoms with Gasteiger partial charge >= 0.3 is 5.97 Å². The van der Waals surface area contributed by atoms with Gasteiger partial charge in [-0.25, -0.2) is 9.78 Å². The molecule has 0 unspecified atom stereocenters. The van der Waals surface area contributed by atoms with Crippen molar-refractivity contribution in [3.05, 3.63) is 52.0 Å². The third-order valence-electron chi connectivity index (χ3n) is 3.82. The van der Waals surface area contributed by atoms with Gasteiger partial charge in [0.05, 0.1) is 34.6 Å². The van der Waals surface area contributed by atoms with Gasteiger partial charge in [-0.2, -0.15) is 0 Å². The summed E-state index contributed by atoms with van der Waals surface area (Å²) in [5.41, 5.74) is 1.49. The van der Waals surface area contributed by atoms with E-state index in [1.54, 1.807) is 50.2 Å². The van der Waals surface area contributed by atoms with Gasteiger partial charge in [-0.3, -0.25) is 10.1 Å². The van der Waals surface area contributed by atoms with Crippen LogP contribution in [0.1, 0.15) is 34.6 Å². The first kappa shape index (κ1) is 22.1. The number of ether oxygens (including phenoxy) is 2. The molecule has 0 aliphatic carbocycles. The van der Waals surface area contributed by atoms with Gasteiger partial charge in [-0.15, -0.1) is 0 Å². The number of carbonyl (C=O) groups is 2. The predicted molar refractivity (Wildman–Crippen MR) is 125 cm³/mol. The highest BCUT2D eigenvalue weighted by atomic mass is 79.9. The fourth-order valence-corrected chi connectivity index (χ4v) is 4.07. The van der Waals surface area contributed by atoms with Gasteiger partial charge in [0.1, 0.15) is 5.75 Å². The molecule has 0 aliphatic heterocycles. The molecule has 0 saturated heterocycles. The Morgan fingerprint density at radius 2 is 1.97 bits per heavy atom. The maximum Gasteiger partial charge on any atom is 0.338 e. The molecule has 7 nitrogen and oxygen atoms in total. The molecular formula is C20H18BrN3O4S2. The molecule has 2 N–H and O–H groups in total. The van der Waals surface area contributed by atoms with Gasteiger partial charge < -0.3 is 14.8 Å². The molecular weight excluding hydrogens is 490 g/mol. The van der Waals surface area contributed by atoms with Crippen LogP contribution in [0, 0.1) is 0 Å². The summed E-state index contributed by atoms with van der Waals surface area (Å²) in [6.07, 6.45) is -0.197. The van der Waals surface area contributed by atoms with Crippen molar-refractivity contribution >= 4 is 71.8 Å². The zero-order valence-electron chi connectivity index (χ0n) is 16.3. The van der Waals surface area contributed by atoms with Gasteiger partial charge in [0.15, 0.2) is 10.2 Å². The van der Waals surface area contributed by atoms with Crippen molar-refractivity contribution in [2.45, 2.75) is 20.0 Å². The lowest BCUT2D eigenvalue weighted by Gasteiger charge is -2.10. The van der Waals surface area contributed by atoms with Crippen molar-refractivity contribution in [1.82, 2.24) is 10.3 Å². The van der Waals surface area contributed by atoms with E-state index in [4.69, 9.17) is 21.7 Å². The van der Waals surface area contributed by atoms with Crippen LogP contribution in [-0.4, -0.2) is 35.2 Å². The van der Waals surface area contributed by atoms with E-state index in [-0.39, 0.29) is 17.2 Å². The third-order valence-corrected chi connectivity index (χ3v) is 5.45. The lowest BCUT2D eigenvalue weighted by molar-refractivity contribution is 0.0378. The first-order chi connectivity index (χ1) is 14.3. The summed E-state index contributed by atoms with van der Waals surface area (Å²) >= 11 is 9.89. The maximum atomic E-state index is 12.5. The number of hydrogen-bond donors (Lipinski definition) is 2. The van der Waals surface area contributed by atoms with Crippen molar-refractivity contribution in [1.29, 1.82) is 0 Å². The number of anilines is 1. The number of thiazole rings is 1. The molecule has 0 radical (unpaired) electrons. The number of nitrogens with zero attached hydrogens (tertiary/aromatic N) is 1. The zero-order chi connectivity index (χ0) is 21.8. The predicted octanol–water partition coefficient (Wildman–Crippen LogP) is 4.76. The van der Waals surface area contributed by atoms with Crippen molar-refractivity contribution in [3.8, 4) is 5.75 Å². The summed E-state index contributed by atoms with van der Waals surface area (Å²) < 4.78 is 12.0. The topological polar surface area (TPSA) is 89.5 Å². The lowest BCUT2D eigenvalue weighted by atomic mass is 10.2. The Bertz CT molecular complexity index is 1130. The number of esters is 1. The minimum atomic E-state index is -0.412. The van der Waals surface area contributed by atoms with Gasteiger partial charge in [0.2, 0.25) is 0 Å². The average molecular weight is 508 g/mol. The lowest BCUT2D eigenvalue weighted by Crippen LogP contribution is -2.34. The average Bonchev–Trinajstić information content (AvgIpc) is 3.08. The number of hydrogen-bond acceptors (Lipinski definition) is 7. The summed E-state index contributed by atoms with van der Waals surface area (Å²) in [6, 6.07) is 10.2. The van der Waals surface area contributed by atoms with Crippen LogP contribution in [0.4, 0.5) is 5.13 Å². The van der Waals surface area contributed by atoms with Crippen LogP contribution in [0.15, 0.2) is 40.9 Å². The number of amides is 1. The van der Waals surface area contributed by atoms with Crippen molar-refractivity contribution in [3.63, 3.8) is 0 Å². The Morgan fingerprint density at radius 1 is 1.20 bits per heavy atom. The highest BCUT2D eigenvalue weighted by Crippen LogP contribution is 2.27. The number of fused-ring (bicyclic) bond motifs is 1. The minimum absolute atomic E-state index is 0.0977. The van der Waals surface area contributed by atoms with E-state index in [0.29, 0.717) is 27.5 Å². The molecule has 1 aromatic heterocycles. The normalized spacial score (nSPS) is 10.7. The number of rotatable bonds is 5. The highest BCUT2D eigenvalue weighted by molar-refractivity contribution is 9.10.